The molecule has 3 rings (SSSR count). The Kier molecular flexibility index (Phi) is 0.637. The fourth-order valence-corrected chi connectivity index (χ4v) is 3.35. The van der Waals surface area contributed by atoms with Crippen molar-refractivity contribution < 1.29 is 4.79 Å². The van der Waals surface area contributed by atoms with Gasteiger partial charge in [-0.25, -0.2) is 0 Å². The Balaban J connectivity index is 1.84. The zero-order valence-corrected chi connectivity index (χ0v) is 6.10. The zero-order valence-electron chi connectivity index (χ0n) is 6.10. The molecule has 10 heavy (non-hydrogen) atoms. The van der Waals surface area contributed by atoms with E-state index in [0.29, 0.717) is 0 Å². The Hall–Kier alpha value is -0.330. The monoisotopic (exact) mass is 136 g/mol. The maximum Gasteiger partial charge on any atom is 0.120 e. The van der Waals surface area contributed by atoms with Crippen LogP contribution in [0.1, 0.15) is 32.1 Å². The van der Waals surface area contributed by atoms with Crippen molar-refractivity contribution in [3.63, 3.8) is 0 Å². The van der Waals surface area contributed by atoms with Crippen LogP contribution in [0.5, 0.6) is 0 Å². The third kappa shape index (κ3) is 0.340. The van der Waals surface area contributed by atoms with E-state index in [9.17, 15) is 4.79 Å². The summed E-state index contributed by atoms with van der Waals surface area (Å²) in [4.78, 5) is 10.3. The summed E-state index contributed by atoms with van der Waals surface area (Å²) >= 11 is 0. The van der Waals surface area contributed by atoms with Gasteiger partial charge in [-0.3, -0.25) is 0 Å². The molecule has 2 spiro atoms. The summed E-state index contributed by atoms with van der Waals surface area (Å²) in [5.74, 6) is 0.831. The van der Waals surface area contributed by atoms with Gasteiger partial charge in [-0.1, -0.05) is 0 Å². The van der Waals surface area contributed by atoms with Crippen LogP contribution < -0.4 is 0 Å². The molecule has 1 heteroatoms. The number of rotatable bonds is 2. The van der Waals surface area contributed by atoms with Crippen LogP contribution in [0.25, 0.3) is 0 Å². The van der Waals surface area contributed by atoms with Crippen molar-refractivity contribution >= 4 is 6.29 Å². The number of carbonyl (C=O) groups excluding carboxylic acids is 1. The predicted molar refractivity (Wildman–Crippen MR) is 37.5 cm³/mol. The number of aldehydes is 1. The van der Waals surface area contributed by atoms with E-state index in [-0.39, 0.29) is 0 Å². The lowest BCUT2D eigenvalue weighted by Crippen LogP contribution is -1.81. The van der Waals surface area contributed by atoms with Crippen molar-refractivity contribution in [2.45, 2.75) is 32.1 Å². The van der Waals surface area contributed by atoms with Crippen molar-refractivity contribution in [1.29, 1.82) is 0 Å². The Labute approximate surface area is 60.8 Å². The summed E-state index contributed by atoms with van der Waals surface area (Å²) < 4.78 is 0. The van der Waals surface area contributed by atoms with Gasteiger partial charge < -0.3 is 4.79 Å². The highest BCUT2D eigenvalue weighted by molar-refractivity contribution is 5.54. The lowest BCUT2D eigenvalue weighted by atomic mass is 10.2. The summed E-state index contributed by atoms with van der Waals surface area (Å²) in [6.07, 6.45) is 7.73. The fraction of sp³-hybridized carbons (Fsp3) is 0.889. The van der Waals surface area contributed by atoms with Crippen molar-refractivity contribution in [3.8, 4) is 0 Å². The van der Waals surface area contributed by atoms with E-state index in [1.807, 2.05) is 0 Å². The fourth-order valence-electron chi connectivity index (χ4n) is 3.35. The van der Waals surface area contributed by atoms with E-state index in [1.54, 1.807) is 0 Å². The number of hydrogen-bond acceptors (Lipinski definition) is 1. The van der Waals surface area contributed by atoms with Crippen LogP contribution in [0.2, 0.25) is 0 Å². The minimum atomic E-state index is 0.744. The van der Waals surface area contributed by atoms with Gasteiger partial charge in [0.25, 0.3) is 0 Å². The van der Waals surface area contributed by atoms with Gasteiger partial charge in [0, 0.05) is 6.42 Å². The molecule has 3 fully saturated rings. The molecule has 0 unspecified atom stereocenters. The summed E-state index contributed by atoms with van der Waals surface area (Å²) in [6, 6.07) is 0. The maximum atomic E-state index is 10.3. The normalized spacial score (nSPS) is 41.8. The standard InChI is InChI=1S/C9H12O/c10-6-1-7-8(2-3-8)9(7)4-5-9/h6-7H,1-5H2. The van der Waals surface area contributed by atoms with Crippen molar-refractivity contribution in [3.05, 3.63) is 0 Å². The van der Waals surface area contributed by atoms with Crippen LogP contribution >= 0.6 is 0 Å². The van der Waals surface area contributed by atoms with Crippen LogP contribution in [0.4, 0.5) is 0 Å². The van der Waals surface area contributed by atoms with Gasteiger partial charge in [0.05, 0.1) is 0 Å². The first-order chi connectivity index (χ1) is 4.86. The van der Waals surface area contributed by atoms with E-state index < -0.39 is 0 Å². The topological polar surface area (TPSA) is 17.1 Å². The van der Waals surface area contributed by atoms with Gasteiger partial charge in [0.2, 0.25) is 0 Å². The molecule has 0 aromatic heterocycles. The molecule has 0 atom stereocenters. The summed E-state index contributed by atoms with van der Waals surface area (Å²) in [5, 5.41) is 0. The van der Waals surface area contributed by atoms with Gasteiger partial charge in [-0.15, -0.1) is 0 Å². The Morgan fingerprint density at radius 2 is 1.70 bits per heavy atom. The molecule has 3 aliphatic carbocycles. The van der Waals surface area contributed by atoms with E-state index >= 15 is 0 Å². The third-order valence-electron chi connectivity index (χ3n) is 4.15. The average molecular weight is 136 g/mol. The van der Waals surface area contributed by atoms with E-state index in [0.717, 1.165) is 29.5 Å². The first-order valence-electron chi connectivity index (χ1n) is 4.29. The molecular weight excluding hydrogens is 124 g/mol. The van der Waals surface area contributed by atoms with Gasteiger partial charge in [0.1, 0.15) is 6.29 Å². The molecule has 0 N–H and O–H groups in total. The lowest BCUT2D eigenvalue weighted by molar-refractivity contribution is -0.108. The SMILES string of the molecule is O=CCC1C2(CC2)C12CC2. The van der Waals surface area contributed by atoms with Crippen molar-refractivity contribution in [2.75, 3.05) is 0 Å². The number of hydrogen-bond donors (Lipinski definition) is 0. The molecule has 54 valence electrons. The largest absolute Gasteiger partial charge is 0.303 e. The third-order valence-corrected chi connectivity index (χ3v) is 4.15. The molecule has 0 saturated heterocycles. The molecular formula is C9H12O. The number of carbonyl (C=O) groups is 1. The second-order valence-corrected chi connectivity index (χ2v) is 4.27. The lowest BCUT2D eigenvalue weighted by Gasteiger charge is -1.82. The quantitative estimate of drug-likeness (QED) is 0.529. The van der Waals surface area contributed by atoms with Crippen LogP contribution in [-0.2, 0) is 4.79 Å². The highest BCUT2D eigenvalue weighted by Gasteiger charge is 2.85. The molecule has 3 aliphatic rings. The molecule has 0 heterocycles. The molecule has 0 aliphatic heterocycles. The molecule has 1 nitrogen and oxygen atoms in total. The maximum absolute atomic E-state index is 10.3. The zero-order chi connectivity index (χ0) is 6.82. The second-order valence-electron chi connectivity index (χ2n) is 4.27. The van der Waals surface area contributed by atoms with Crippen LogP contribution in [0.3, 0.4) is 0 Å². The van der Waals surface area contributed by atoms with Crippen LogP contribution in [-0.4, -0.2) is 6.29 Å². The van der Waals surface area contributed by atoms with E-state index in [2.05, 4.69) is 0 Å². The van der Waals surface area contributed by atoms with Crippen molar-refractivity contribution in [1.82, 2.24) is 0 Å². The molecule has 3 saturated carbocycles. The van der Waals surface area contributed by atoms with Gasteiger partial charge in [0.15, 0.2) is 0 Å². The molecule has 0 aromatic rings. The average Bonchev–Trinajstić information content (AvgIpc) is 2.78. The highest BCUT2D eigenvalue weighted by Crippen LogP contribution is 2.92. The minimum absolute atomic E-state index is 0.744. The Morgan fingerprint density at radius 1 is 1.20 bits per heavy atom. The van der Waals surface area contributed by atoms with Gasteiger partial charge in [-0.05, 0) is 42.4 Å². The smallest absolute Gasteiger partial charge is 0.120 e. The van der Waals surface area contributed by atoms with Gasteiger partial charge >= 0.3 is 0 Å². The van der Waals surface area contributed by atoms with E-state index in [1.165, 1.54) is 25.7 Å². The molecule has 0 radical (unpaired) electrons. The first-order valence-corrected chi connectivity index (χ1v) is 4.29. The second kappa shape index (κ2) is 1.19. The Morgan fingerprint density at radius 3 is 2.00 bits per heavy atom. The first kappa shape index (κ1) is 5.34. The minimum Gasteiger partial charge on any atom is -0.303 e. The molecule has 0 amide bonds. The van der Waals surface area contributed by atoms with Crippen LogP contribution in [0, 0.1) is 16.7 Å². The summed E-state index contributed by atoms with van der Waals surface area (Å²) in [6.45, 7) is 0. The number of fused-ring (bicyclic) bond motifs is 1. The molecule has 0 bridgehead atoms. The molecule has 0 aromatic carbocycles. The Bertz CT molecular complexity index is 181. The van der Waals surface area contributed by atoms with Crippen molar-refractivity contribution in [2.24, 2.45) is 16.7 Å². The highest BCUT2D eigenvalue weighted by atomic mass is 16.1. The predicted octanol–water partition coefficient (Wildman–Crippen LogP) is 1.77. The van der Waals surface area contributed by atoms with E-state index in [4.69, 9.17) is 0 Å². The van der Waals surface area contributed by atoms with Crippen LogP contribution in [0.15, 0.2) is 0 Å². The summed E-state index contributed by atoms with van der Waals surface area (Å²) in [7, 11) is 0. The summed E-state index contributed by atoms with van der Waals surface area (Å²) in [5.41, 5.74) is 1.49. The van der Waals surface area contributed by atoms with Gasteiger partial charge in [-0.2, -0.15) is 0 Å².